The molecule has 0 amide bonds. The summed E-state index contributed by atoms with van der Waals surface area (Å²) in [5.74, 6) is -2.83. The van der Waals surface area contributed by atoms with E-state index in [4.69, 9.17) is 14.5 Å². The number of carbonyl (C=O) groups is 2. The van der Waals surface area contributed by atoms with Gasteiger partial charge < -0.3 is 9.47 Å². The topological polar surface area (TPSA) is 65.0 Å². The average Bonchev–Trinajstić information content (AvgIpc) is 2.71. The van der Waals surface area contributed by atoms with Crippen LogP contribution in [-0.4, -0.2) is 38.9 Å². The quantitative estimate of drug-likeness (QED) is 0.325. The normalized spacial score (nSPS) is 19.1. The summed E-state index contributed by atoms with van der Waals surface area (Å²) in [6.07, 6.45) is 0. The Balaban J connectivity index is 2.69. The van der Waals surface area contributed by atoms with Crippen molar-refractivity contribution in [1.29, 1.82) is 0 Å². The molecule has 1 aliphatic rings. The number of carbonyl (C=O) groups excluding carboxylic acids is 2. The second-order valence-electron chi connectivity index (χ2n) is 10.4. The molecular formula is C26H38FNO4Si. The van der Waals surface area contributed by atoms with E-state index >= 15 is 0 Å². The predicted octanol–water partition coefficient (Wildman–Crippen LogP) is 5.99. The number of hydrogen-bond donors (Lipinski definition) is 0. The number of ether oxygens (including phenoxy) is 2. The number of esters is 2. The van der Waals surface area contributed by atoms with Gasteiger partial charge in [-0.15, -0.1) is 0 Å². The van der Waals surface area contributed by atoms with Gasteiger partial charge in [0.25, 0.3) is 0 Å². The van der Waals surface area contributed by atoms with Crippen molar-refractivity contribution in [1.82, 2.24) is 0 Å². The van der Waals surface area contributed by atoms with Gasteiger partial charge in [0, 0.05) is 19.7 Å². The fourth-order valence-electron chi connectivity index (χ4n) is 3.97. The predicted molar refractivity (Wildman–Crippen MR) is 133 cm³/mol. The van der Waals surface area contributed by atoms with E-state index in [9.17, 15) is 14.0 Å². The van der Waals surface area contributed by atoms with Crippen molar-refractivity contribution in [2.75, 3.05) is 13.2 Å². The molecule has 0 saturated carbocycles. The van der Waals surface area contributed by atoms with Gasteiger partial charge in [-0.1, -0.05) is 59.5 Å². The number of halogens is 1. The van der Waals surface area contributed by atoms with Crippen LogP contribution in [0.15, 0.2) is 40.5 Å². The molecule has 5 nitrogen and oxygen atoms in total. The third kappa shape index (κ3) is 6.85. The van der Waals surface area contributed by atoms with Crippen LogP contribution in [0.4, 0.5) is 4.39 Å². The van der Waals surface area contributed by atoms with Crippen LogP contribution >= 0.6 is 0 Å². The lowest BCUT2D eigenvalue weighted by Gasteiger charge is -2.35. The van der Waals surface area contributed by atoms with Gasteiger partial charge in [-0.05, 0) is 42.5 Å². The Kier molecular flexibility index (Phi) is 9.18. The molecule has 0 aliphatic carbocycles. The summed E-state index contributed by atoms with van der Waals surface area (Å²) in [6, 6.07) is 6.79. The minimum Gasteiger partial charge on any atom is -0.465 e. The average molecular weight is 476 g/mol. The molecular weight excluding hydrogens is 437 g/mol. The first-order chi connectivity index (χ1) is 15.4. The van der Waals surface area contributed by atoms with Crippen LogP contribution < -0.4 is 0 Å². The zero-order valence-corrected chi connectivity index (χ0v) is 22.2. The van der Waals surface area contributed by atoms with E-state index < -0.39 is 31.8 Å². The third-order valence-electron chi connectivity index (χ3n) is 5.70. The maximum Gasteiger partial charge on any atom is 0.336 e. The summed E-state index contributed by atoms with van der Waals surface area (Å²) in [7, 11) is -1.40. The van der Waals surface area contributed by atoms with Crippen LogP contribution in [0.3, 0.4) is 0 Å². The molecule has 2 atom stereocenters. The van der Waals surface area contributed by atoms with Crippen molar-refractivity contribution >= 4 is 25.7 Å². The fraction of sp³-hybridized carbons (Fsp3) is 0.577. The van der Waals surface area contributed by atoms with Gasteiger partial charge in [0.05, 0.1) is 24.5 Å². The molecule has 0 bridgehead atoms. The second kappa shape index (κ2) is 11.2. The molecule has 2 rings (SSSR count). The molecule has 0 radical (unpaired) electrons. The highest BCUT2D eigenvalue weighted by atomic mass is 28.3. The summed E-state index contributed by atoms with van der Waals surface area (Å²) in [5.41, 5.74) is 2.32. The largest absolute Gasteiger partial charge is 0.465 e. The van der Waals surface area contributed by atoms with Gasteiger partial charge in [0.1, 0.15) is 11.7 Å². The first-order valence-electron chi connectivity index (χ1n) is 11.8. The molecule has 0 fully saturated rings. The molecule has 0 N–H and O–H groups in total. The highest BCUT2D eigenvalue weighted by molar-refractivity contribution is 6.76. The molecule has 0 saturated heterocycles. The van der Waals surface area contributed by atoms with Gasteiger partial charge in [-0.3, -0.25) is 9.79 Å². The molecule has 0 aromatic heterocycles. The van der Waals surface area contributed by atoms with E-state index in [0.717, 1.165) is 6.04 Å². The van der Waals surface area contributed by atoms with Crippen molar-refractivity contribution in [2.24, 2.45) is 22.7 Å². The molecule has 182 valence electrons. The van der Waals surface area contributed by atoms with Crippen LogP contribution in [0.1, 0.15) is 46.1 Å². The molecule has 1 aliphatic heterocycles. The highest BCUT2D eigenvalue weighted by Crippen LogP contribution is 2.43. The Morgan fingerprint density at radius 3 is 2.12 bits per heavy atom. The monoisotopic (exact) mass is 475 g/mol. The van der Waals surface area contributed by atoms with Crippen LogP contribution in [0.2, 0.25) is 25.7 Å². The van der Waals surface area contributed by atoms with E-state index in [0.29, 0.717) is 29.2 Å². The van der Waals surface area contributed by atoms with Crippen molar-refractivity contribution < 1.29 is 23.5 Å². The fourth-order valence-corrected chi connectivity index (χ4v) is 4.69. The zero-order valence-electron chi connectivity index (χ0n) is 21.2. The lowest BCUT2D eigenvalue weighted by atomic mass is 9.72. The maximum atomic E-state index is 13.8. The molecule has 1 aromatic rings. The minimum absolute atomic E-state index is 0.0411. The zero-order chi connectivity index (χ0) is 24.9. The van der Waals surface area contributed by atoms with Crippen molar-refractivity contribution in [3.63, 3.8) is 0 Å². The van der Waals surface area contributed by atoms with Crippen molar-refractivity contribution in [3.05, 3.63) is 46.9 Å². The summed E-state index contributed by atoms with van der Waals surface area (Å²) in [5, 5.41) is 0. The van der Waals surface area contributed by atoms with Crippen LogP contribution in [0, 0.1) is 23.6 Å². The third-order valence-corrected chi connectivity index (χ3v) is 7.41. The van der Waals surface area contributed by atoms with Gasteiger partial charge in [0.15, 0.2) is 0 Å². The molecule has 7 heteroatoms. The Morgan fingerprint density at radius 2 is 1.64 bits per heavy atom. The van der Waals surface area contributed by atoms with Gasteiger partial charge in [0.2, 0.25) is 0 Å². The summed E-state index contributed by atoms with van der Waals surface area (Å²) >= 11 is 0. The molecule has 1 aromatic carbocycles. The lowest BCUT2D eigenvalue weighted by molar-refractivity contribution is -0.146. The van der Waals surface area contributed by atoms with Gasteiger partial charge >= 0.3 is 11.9 Å². The Morgan fingerprint density at radius 1 is 1.03 bits per heavy atom. The standard InChI is InChI=1S/C26H38FNO4Si/c1-9-31-25(29)21-20(18-10-12-19(27)13-11-18)22(26(30)32-14-15-33(6,7)8)24(17(4)5)28-23(21)16(2)3/h10-13,16-17,20-21H,9,14-15H2,1-8H3. The SMILES string of the molecule is CCOC(=O)C1C(C(C)C)=NC(C(C)C)=C(C(=O)OCC[Si](C)(C)C)C1c1ccc(F)cc1. The number of benzene rings is 1. The Hall–Kier alpha value is -2.28. The maximum absolute atomic E-state index is 13.8. The van der Waals surface area contributed by atoms with E-state index in [2.05, 4.69) is 19.6 Å². The Labute approximate surface area is 198 Å². The minimum atomic E-state index is -1.40. The molecule has 2 unspecified atom stereocenters. The van der Waals surface area contributed by atoms with Gasteiger partial charge in [-0.25, -0.2) is 9.18 Å². The summed E-state index contributed by atoms with van der Waals surface area (Å²) < 4.78 is 24.9. The second-order valence-corrected chi connectivity index (χ2v) is 16.0. The van der Waals surface area contributed by atoms with Crippen LogP contribution in [0.5, 0.6) is 0 Å². The van der Waals surface area contributed by atoms with E-state index in [1.807, 2.05) is 27.7 Å². The summed E-state index contributed by atoms with van der Waals surface area (Å²) in [4.78, 5) is 31.5. The van der Waals surface area contributed by atoms with Crippen LogP contribution in [0.25, 0.3) is 0 Å². The van der Waals surface area contributed by atoms with E-state index in [1.165, 1.54) is 12.1 Å². The van der Waals surface area contributed by atoms with E-state index in [1.54, 1.807) is 19.1 Å². The lowest BCUT2D eigenvalue weighted by Crippen LogP contribution is -2.40. The highest BCUT2D eigenvalue weighted by Gasteiger charge is 2.45. The molecule has 1 heterocycles. The van der Waals surface area contributed by atoms with Crippen molar-refractivity contribution in [2.45, 2.75) is 66.2 Å². The smallest absolute Gasteiger partial charge is 0.336 e. The Bertz CT molecular complexity index is 913. The molecule has 0 spiro atoms. The van der Waals surface area contributed by atoms with Crippen molar-refractivity contribution in [3.8, 4) is 0 Å². The van der Waals surface area contributed by atoms with E-state index in [-0.39, 0.29) is 24.3 Å². The number of hydrogen-bond acceptors (Lipinski definition) is 5. The first-order valence-corrected chi connectivity index (χ1v) is 15.5. The number of allylic oxidation sites excluding steroid dienone is 1. The number of rotatable bonds is 9. The first kappa shape index (κ1) is 27.0. The summed E-state index contributed by atoms with van der Waals surface area (Å²) in [6.45, 7) is 16.8. The number of aliphatic imine (C=N–C) groups is 1. The molecule has 33 heavy (non-hydrogen) atoms. The number of nitrogens with zero attached hydrogens (tertiary/aromatic N) is 1. The van der Waals surface area contributed by atoms with Gasteiger partial charge in [-0.2, -0.15) is 0 Å². The van der Waals surface area contributed by atoms with Crippen LogP contribution in [-0.2, 0) is 19.1 Å².